The zero-order chi connectivity index (χ0) is 12.8. The number of fused-ring (bicyclic) bond motifs is 1. The summed E-state index contributed by atoms with van der Waals surface area (Å²) in [6.45, 7) is 5.24. The van der Waals surface area contributed by atoms with Crippen molar-refractivity contribution in [2.75, 3.05) is 6.54 Å². The molecule has 1 aromatic carbocycles. The van der Waals surface area contributed by atoms with Crippen molar-refractivity contribution in [3.8, 4) is 0 Å². The number of hydrogen-bond donors (Lipinski definition) is 2. The molecule has 0 spiro atoms. The molecule has 1 heterocycles. The molecule has 0 bridgehead atoms. The van der Waals surface area contributed by atoms with Crippen molar-refractivity contribution in [3.05, 3.63) is 30.0 Å². The first kappa shape index (κ1) is 11.3. The first-order valence-corrected chi connectivity index (χ1v) is 6.27. The van der Waals surface area contributed by atoms with Gasteiger partial charge in [-0.25, -0.2) is 0 Å². The average Bonchev–Trinajstić information content (AvgIpc) is 2.77. The lowest BCUT2D eigenvalue weighted by Crippen LogP contribution is -2.26. The first-order chi connectivity index (χ1) is 8.56. The van der Waals surface area contributed by atoms with Crippen LogP contribution in [0.2, 0.25) is 0 Å². The summed E-state index contributed by atoms with van der Waals surface area (Å²) in [7, 11) is 0. The molecule has 0 saturated heterocycles. The van der Waals surface area contributed by atoms with Crippen molar-refractivity contribution in [2.24, 2.45) is 11.3 Å². The maximum absolute atomic E-state index is 12.0. The Labute approximate surface area is 106 Å². The quantitative estimate of drug-likeness (QED) is 0.869. The highest BCUT2D eigenvalue weighted by Gasteiger charge is 2.45. The van der Waals surface area contributed by atoms with E-state index in [1.54, 1.807) is 6.20 Å². The minimum atomic E-state index is -0.00537. The van der Waals surface area contributed by atoms with Crippen LogP contribution in [-0.4, -0.2) is 22.6 Å². The molecule has 1 unspecified atom stereocenters. The number of aromatic nitrogens is 2. The van der Waals surface area contributed by atoms with Gasteiger partial charge in [0.05, 0.1) is 11.7 Å². The number of benzene rings is 1. The summed E-state index contributed by atoms with van der Waals surface area (Å²) in [5, 5.41) is 10.8. The molecule has 2 N–H and O–H groups in total. The van der Waals surface area contributed by atoms with Crippen molar-refractivity contribution in [1.82, 2.24) is 15.5 Å². The Hall–Kier alpha value is -1.84. The lowest BCUT2D eigenvalue weighted by molar-refractivity contribution is 0.0950. The Morgan fingerprint density at radius 2 is 2.33 bits per heavy atom. The third-order valence-corrected chi connectivity index (χ3v) is 3.93. The largest absolute Gasteiger partial charge is 0.352 e. The third-order valence-electron chi connectivity index (χ3n) is 3.93. The second-order valence-corrected chi connectivity index (χ2v) is 5.77. The molecule has 4 nitrogen and oxygen atoms in total. The molecular formula is C14H17N3O. The Bertz CT molecular complexity index is 600. The molecule has 1 saturated carbocycles. The van der Waals surface area contributed by atoms with Gasteiger partial charge in [-0.05, 0) is 29.9 Å². The van der Waals surface area contributed by atoms with Crippen molar-refractivity contribution in [1.29, 1.82) is 0 Å². The van der Waals surface area contributed by atoms with E-state index in [0.717, 1.165) is 17.4 Å². The van der Waals surface area contributed by atoms with Crippen LogP contribution in [0, 0.1) is 11.3 Å². The number of carbonyl (C=O) groups excluding carboxylic acids is 1. The highest BCUT2D eigenvalue weighted by molar-refractivity contribution is 5.97. The van der Waals surface area contributed by atoms with Gasteiger partial charge in [0.2, 0.25) is 0 Å². The summed E-state index contributed by atoms with van der Waals surface area (Å²) in [5.41, 5.74) is 1.99. The Kier molecular flexibility index (Phi) is 2.40. The molecule has 94 valence electrons. The Morgan fingerprint density at radius 1 is 1.56 bits per heavy atom. The average molecular weight is 243 g/mol. The highest BCUT2D eigenvalue weighted by atomic mass is 16.1. The number of rotatable bonds is 3. The minimum absolute atomic E-state index is 0.00537. The van der Waals surface area contributed by atoms with Gasteiger partial charge in [-0.1, -0.05) is 19.9 Å². The summed E-state index contributed by atoms with van der Waals surface area (Å²) < 4.78 is 0. The summed E-state index contributed by atoms with van der Waals surface area (Å²) in [6.07, 6.45) is 2.95. The van der Waals surface area contributed by atoms with Gasteiger partial charge in [0.15, 0.2) is 0 Å². The van der Waals surface area contributed by atoms with Crippen LogP contribution in [0.15, 0.2) is 24.4 Å². The fourth-order valence-electron chi connectivity index (χ4n) is 2.32. The predicted molar refractivity (Wildman–Crippen MR) is 70.3 cm³/mol. The third kappa shape index (κ3) is 1.98. The van der Waals surface area contributed by atoms with Gasteiger partial charge < -0.3 is 5.32 Å². The van der Waals surface area contributed by atoms with Crippen molar-refractivity contribution in [3.63, 3.8) is 0 Å². The number of nitrogens with zero attached hydrogens (tertiary/aromatic N) is 1. The SMILES string of the molecule is CC1(C)CC1CNC(=O)c1ccc2cn[nH]c2c1. The first-order valence-electron chi connectivity index (χ1n) is 6.27. The fourth-order valence-corrected chi connectivity index (χ4v) is 2.32. The zero-order valence-corrected chi connectivity index (χ0v) is 10.7. The zero-order valence-electron chi connectivity index (χ0n) is 10.7. The maximum Gasteiger partial charge on any atom is 0.251 e. The molecule has 4 heteroatoms. The van der Waals surface area contributed by atoms with E-state index in [1.807, 2.05) is 18.2 Å². The molecule has 0 radical (unpaired) electrons. The Morgan fingerprint density at radius 3 is 3.06 bits per heavy atom. The molecule has 1 atom stereocenters. The van der Waals surface area contributed by atoms with Gasteiger partial charge in [-0.3, -0.25) is 9.89 Å². The van der Waals surface area contributed by atoms with Gasteiger partial charge in [0.25, 0.3) is 5.91 Å². The van der Waals surface area contributed by atoms with Crippen LogP contribution in [0.3, 0.4) is 0 Å². The lowest BCUT2D eigenvalue weighted by Gasteiger charge is -2.06. The Balaban J connectivity index is 1.68. The van der Waals surface area contributed by atoms with Crippen molar-refractivity contribution in [2.45, 2.75) is 20.3 Å². The van der Waals surface area contributed by atoms with E-state index in [9.17, 15) is 4.79 Å². The van der Waals surface area contributed by atoms with E-state index in [4.69, 9.17) is 0 Å². The number of nitrogens with one attached hydrogen (secondary N) is 2. The van der Waals surface area contributed by atoms with Crippen LogP contribution in [0.4, 0.5) is 0 Å². The van der Waals surface area contributed by atoms with E-state index in [-0.39, 0.29) is 5.91 Å². The molecule has 0 aliphatic heterocycles. The van der Waals surface area contributed by atoms with Crippen molar-refractivity contribution < 1.29 is 4.79 Å². The van der Waals surface area contributed by atoms with Gasteiger partial charge in [0, 0.05) is 17.5 Å². The topological polar surface area (TPSA) is 57.8 Å². The van der Waals surface area contributed by atoms with Crippen LogP contribution in [0.5, 0.6) is 0 Å². The van der Waals surface area contributed by atoms with Gasteiger partial charge in [-0.2, -0.15) is 5.10 Å². The molecule has 1 aliphatic rings. The van der Waals surface area contributed by atoms with Crippen LogP contribution >= 0.6 is 0 Å². The van der Waals surface area contributed by atoms with Crippen LogP contribution < -0.4 is 5.32 Å². The number of amides is 1. The smallest absolute Gasteiger partial charge is 0.251 e. The highest BCUT2D eigenvalue weighted by Crippen LogP contribution is 2.50. The second-order valence-electron chi connectivity index (χ2n) is 5.77. The summed E-state index contributed by atoms with van der Waals surface area (Å²) in [6, 6.07) is 5.59. The molecule has 1 amide bonds. The van der Waals surface area contributed by atoms with Gasteiger partial charge in [0.1, 0.15) is 0 Å². The summed E-state index contributed by atoms with van der Waals surface area (Å²) >= 11 is 0. The molecular weight excluding hydrogens is 226 g/mol. The van der Waals surface area contributed by atoms with E-state index < -0.39 is 0 Å². The standard InChI is InChI=1S/C14H17N3O/c1-14(2)6-11(14)8-15-13(18)9-3-4-10-7-16-17-12(10)5-9/h3-5,7,11H,6,8H2,1-2H3,(H,15,18)(H,16,17). The van der Waals surface area contributed by atoms with E-state index >= 15 is 0 Å². The second kappa shape index (κ2) is 3.83. The normalized spacial score (nSPS) is 20.9. The van der Waals surface area contributed by atoms with Crippen LogP contribution in [0.1, 0.15) is 30.6 Å². The molecule has 2 aromatic rings. The lowest BCUT2D eigenvalue weighted by atomic mass is 10.1. The molecule has 18 heavy (non-hydrogen) atoms. The monoisotopic (exact) mass is 243 g/mol. The number of hydrogen-bond acceptors (Lipinski definition) is 2. The van der Waals surface area contributed by atoms with Gasteiger partial charge >= 0.3 is 0 Å². The van der Waals surface area contributed by atoms with Crippen molar-refractivity contribution >= 4 is 16.8 Å². The molecule has 3 rings (SSSR count). The predicted octanol–water partition coefficient (Wildman–Crippen LogP) is 2.34. The minimum Gasteiger partial charge on any atom is -0.352 e. The summed E-state index contributed by atoms with van der Waals surface area (Å²) in [5.74, 6) is 0.617. The van der Waals surface area contributed by atoms with E-state index in [1.165, 1.54) is 6.42 Å². The molecule has 1 aromatic heterocycles. The summed E-state index contributed by atoms with van der Waals surface area (Å²) in [4.78, 5) is 12.0. The molecule has 1 aliphatic carbocycles. The maximum atomic E-state index is 12.0. The number of carbonyl (C=O) groups is 1. The van der Waals surface area contributed by atoms with Crippen LogP contribution in [0.25, 0.3) is 10.9 Å². The number of aromatic amines is 1. The van der Waals surface area contributed by atoms with E-state index in [0.29, 0.717) is 16.9 Å². The van der Waals surface area contributed by atoms with Gasteiger partial charge in [-0.15, -0.1) is 0 Å². The van der Waals surface area contributed by atoms with Crippen LogP contribution in [-0.2, 0) is 0 Å². The number of H-pyrrole nitrogens is 1. The van der Waals surface area contributed by atoms with E-state index in [2.05, 4.69) is 29.4 Å². The fraction of sp³-hybridized carbons (Fsp3) is 0.429. The molecule has 1 fully saturated rings.